The van der Waals surface area contributed by atoms with Gasteiger partial charge >= 0.3 is 0 Å². The van der Waals surface area contributed by atoms with Gasteiger partial charge in [-0.2, -0.15) is 0 Å². The third-order valence-corrected chi connectivity index (χ3v) is 4.46. The van der Waals surface area contributed by atoms with Gasteiger partial charge < -0.3 is 5.32 Å². The fourth-order valence-corrected chi connectivity index (χ4v) is 2.98. The van der Waals surface area contributed by atoms with Crippen molar-refractivity contribution < 1.29 is 9.59 Å². The van der Waals surface area contributed by atoms with Crippen molar-refractivity contribution in [3.8, 4) is 0 Å². The van der Waals surface area contributed by atoms with Gasteiger partial charge in [0.05, 0.1) is 0 Å². The summed E-state index contributed by atoms with van der Waals surface area (Å²) in [6, 6.07) is 18.2. The number of hydrogen-bond donors (Lipinski definition) is 1. The minimum absolute atomic E-state index is 0.180. The Morgan fingerprint density at radius 3 is 2.24 bits per heavy atom. The summed E-state index contributed by atoms with van der Waals surface area (Å²) in [6.45, 7) is 0. The molecule has 3 nitrogen and oxygen atoms in total. The molecular weight excluding hydrogens is 310 g/mol. The number of carbonyl (C=O) groups is 2. The second-order valence-electron chi connectivity index (χ2n) is 6.10. The van der Waals surface area contributed by atoms with E-state index in [1.165, 1.54) is 11.1 Å². The maximum atomic E-state index is 11.1. The molecule has 0 amide bonds. The highest BCUT2D eigenvalue weighted by Crippen LogP contribution is 2.17. The standard InChI is InChI=1S/C22H25NO2/c1-23-22(14-12-18-5-3-2-4-6-18)21(15-16-24)13-11-19-7-9-20(17-25)10-8-19/h2-10,15-17,22-23H,11-14H2,1H3/b21-15-/t22-/m0/s1. The Morgan fingerprint density at radius 2 is 1.64 bits per heavy atom. The molecule has 3 heteroatoms. The van der Waals surface area contributed by atoms with Gasteiger partial charge in [0.25, 0.3) is 0 Å². The molecule has 0 aliphatic heterocycles. The summed E-state index contributed by atoms with van der Waals surface area (Å²) in [5, 5.41) is 3.34. The predicted octanol–water partition coefficient (Wildman–Crippen LogP) is 3.78. The van der Waals surface area contributed by atoms with Gasteiger partial charge in [0, 0.05) is 11.6 Å². The highest BCUT2D eigenvalue weighted by Gasteiger charge is 2.12. The zero-order valence-corrected chi connectivity index (χ0v) is 14.7. The molecule has 0 aromatic heterocycles. The van der Waals surface area contributed by atoms with Crippen LogP contribution in [0.4, 0.5) is 0 Å². The molecule has 0 fully saturated rings. The normalized spacial score (nSPS) is 12.6. The zero-order chi connectivity index (χ0) is 17.9. The number of aldehydes is 2. The highest BCUT2D eigenvalue weighted by molar-refractivity contribution is 5.74. The number of benzene rings is 2. The fourth-order valence-electron chi connectivity index (χ4n) is 2.98. The van der Waals surface area contributed by atoms with Gasteiger partial charge in [-0.25, -0.2) is 0 Å². The summed E-state index contributed by atoms with van der Waals surface area (Å²) >= 11 is 0. The Balaban J connectivity index is 1.97. The molecule has 0 saturated heterocycles. The molecule has 0 aliphatic carbocycles. The van der Waals surface area contributed by atoms with E-state index >= 15 is 0 Å². The fraction of sp³-hybridized carbons (Fsp3) is 0.273. The molecule has 2 aromatic carbocycles. The van der Waals surface area contributed by atoms with Crippen LogP contribution in [0, 0.1) is 0 Å². The summed E-state index contributed by atoms with van der Waals surface area (Å²) in [5.41, 5.74) is 4.27. The molecule has 0 heterocycles. The van der Waals surface area contributed by atoms with Gasteiger partial charge in [-0.3, -0.25) is 9.59 Å². The van der Waals surface area contributed by atoms with E-state index in [-0.39, 0.29) is 6.04 Å². The Hall–Kier alpha value is -2.52. The average molecular weight is 335 g/mol. The lowest BCUT2D eigenvalue weighted by Gasteiger charge is -2.20. The molecule has 130 valence electrons. The van der Waals surface area contributed by atoms with E-state index in [0.29, 0.717) is 5.56 Å². The second-order valence-corrected chi connectivity index (χ2v) is 6.10. The van der Waals surface area contributed by atoms with Crippen LogP contribution in [0.15, 0.2) is 66.2 Å². The van der Waals surface area contributed by atoms with Crippen LogP contribution in [0.2, 0.25) is 0 Å². The van der Waals surface area contributed by atoms with E-state index in [4.69, 9.17) is 0 Å². The molecule has 1 atom stereocenters. The number of hydrogen-bond acceptors (Lipinski definition) is 3. The van der Waals surface area contributed by atoms with Crippen molar-refractivity contribution in [2.24, 2.45) is 0 Å². The van der Waals surface area contributed by atoms with E-state index in [1.807, 2.05) is 37.4 Å². The molecular formula is C22H25NO2. The first-order valence-electron chi connectivity index (χ1n) is 8.66. The first-order valence-corrected chi connectivity index (χ1v) is 8.66. The summed E-state index contributed by atoms with van der Waals surface area (Å²) in [4.78, 5) is 21.8. The van der Waals surface area contributed by atoms with Crippen LogP contribution in [0.3, 0.4) is 0 Å². The third kappa shape index (κ3) is 6.12. The number of nitrogens with one attached hydrogen (secondary N) is 1. The van der Waals surface area contributed by atoms with Gasteiger partial charge in [0.2, 0.25) is 0 Å². The van der Waals surface area contributed by atoms with Gasteiger partial charge in [0.15, 0.2) is 0 Å². The number of likely N-dealkylation sites (N-methyl/N-ethyl adjacent to an activating group) is 1. The minimum atomic E-state index is 0.180. The molecule has 0 radical (unpaired) electrons. The SMILES string of the molecule is CN[C@@H](CCc1ccccc1)/C(=C\C=O)CCc1ccc(C=O)cc1. The van der Waals surface area contributed by atoms with Gasteiger partial charge in [-0.05, 0) is 55.5 Å². The molecule has 0 spiro atoms. The van der Waals surface area contributed by atoms with Crippen LogP contribution >= 0.6 is 0 Å². The van der Waals surface area contributed by atoms with Gasteiger partial charge in [-0.1, -0.05) is 54.6 Å². The summed E-state index contributed by atoms with van der Waals surface area (Å²) in [6.07, 6.45) is 6.99. The van der Waals surface area contributed by atoms with Crippen molar-refractivity contribution in [2.75, 3.05) is 7.05 Å². The summed E-state index contributed by atoms with van der Waals surface area (Å²) in [7, 11) is 1.94. The Labute approximate surface area is 149 Å². The van der Waals surface area contributed by atoms with E-state index in [0.717, 1.165) is 43.8 Å². The van der Waals surface area contributed by atoms with Crippen molar-refractivity contribution in [3.05, 3.63) is 82.9 Å². The molecule has 2 rings (SSSR count). The molecule has 0 bridgehead atoms. The van der Waals surface area contributed by atoms with Crippen LogP contribution in [-0.4, -0.2) is 25.7 Å². The van der Waals surface area contributed by atoms with Crippen LogP contribution in [0.1, 0.15) is 34.3 Å². The third-order valence-electron chi connectivity index (χ3n) is 4.46. The maximum absolute atomic E-state index is 11.1. The van der Waals surface area contributed by atoms with Gasteiger partial charge in [0.1, 0.15) is 12.6 Å². The molecule has 25 heavy (non-hydrogen) atoms. The molecule has 2 aromatic rings. The maximum Gasteiger partial charge on any atom is 0.150 e. The largest absolute Gasteiger partial charge is 0.313 e. The summed E-state index contributed by atoms with van der Waals surface area (Å²) in [5.74, 6) is 0. The first kappa shape index (κ1) is 18.8. The predicted molar refractivity (Wildman–Crippen MR) is 102 cm³/mol. The lowest BCUT2D eigenvalue weighted by molar-refractivity contribution is -0.104. The van der Waals surface area contributed by atoms with Crippen LogP contribution in [0.5, 0.6) is 0 Å². The van der Waals surface area contributed by atoms with E-state index in [2.05, 4.69) is 29.6 Å². The monoisotopic (exact) mass is 335 g/mol. The Kier molecular flexibility index (Phi) is 7.80. The second kappa shape index (κ2) is 10.4. The van der Waals surface area contributed by atoms with Crippen molar-refractivity contribution >= 4 is 12.6 Å². The van der Waals surface area contributed by atoms with E-state index < -0.39 is 0 Å². The number of carbonyl (C=O) groups excluding carboxylic acids is 2. The molecule has 1 N–H and O–H groups in total. The minimum Gasteiger partial charge on any atom is -0.313 e. The van der Waals surface area contributed by atoms with Crippen molar-refractivity contribution in [1.82, 2.24) is 5.32 Å². The lowest BCUT2D eigenvalue weighted by atomic mass is 9.94. The number of rotatable bonds is 10. The average Bonchev–Trinajstić information content (AvgIpc) is 2.67. The van der Waals surface area contributed by atoms with Crippen molar-refractivity contribution in [3.63, 3.8) is 0 Å². The Bertz CT molecular complexity index is 690. The Morgan fingerprint density at radius 1 is 0.960 bits per heavy atom. The number of aryl methyl sites for hydroxylation is 2. The zero-order valence-electron chi connectivity index (χ0n) is 14.7. The van der Waals surface area contributed by atoms with E-state index in [1.54, 1.807) is 6.08 Å². The van der Waals surface area contributed by atoms with Gasteiger partial charge in [-0.15, -0.1) is 0 Å². The quantitative estimate of drug-likeness (QED) is 0.531. The molecule has 0 saturated carbocycles. The van der Waals surface area contributed by atoms with Crippen molar-refractivity contribution in [1.29, 1.82) is 0 Å². The molecule has 0 unspecified atom stereocenters. The topological polar surface area (TPSA) is 46.2 Å². The molecule has 0 aliphatic rings. The summed E-state index contributed by atoms with van der Waals surface area (Å²) < 4.78 is 0. The smallest absolute Gasteiger partial charge is 0.150 e. The van der Waals surface area contributed by atoms with Crippen molar-refractivity contribution in [2.45, 2.75) is 31.7 Å². The van der Waals surface area contributed by atoms with Crippen LogP contribution in [0.25, 0.3) is 0 Å². The van der Waals surface area contributed by atoms with Crippen LogP contribution < -0.4 is 5.32 Å². The van der Waals surface area contributed by atoms with E-state index in [9.17, 15) is 9.59 Å². The first-order chi connectivity index (χ1) is 12.3. The number of allylic oxidation sites excluding steroid dienone is 1. The van der Waals surface area contributed by atoms with Crippen LogP contribution in [-0.2, 0) is 17.6 Å². The highest BCUT2D eigenvalue weighted by atomic mass is 16.1. The lowest BCUT2D eigenvalue weighted by Crippen LogP contribution is -2.28.